The second kappa shape index (κ2) is 2.99. The van der Waals surface area contributed by atoms with Crippen LogP contribution in [-0.4, -0.2) is 24.5 Å². The molecule has 0 atom stereocenters. The van der Waals surface area contributed by atoms with Crippen molar-refractivity contribution in [1.82, 2.24) is 19.4 Å². The molecule has 3 aromatic heterocycles. The second-order valence-electron chi connectivity index (χ2n) is 3.26. The number of rotatable bonds is 1. The Kier molecular flexibility index (Phi) is 1.66. The Labute approximate surface area is 85.0 Å². The Morgan fingerprint density at radius 3 is 3.00 bits per heavy atom. The summed E-state index contributed by atoms with van der Waals surface area (Å²) in [4.78, 5) is 12.6. The fourth-order valence-corrected chi connectivity index (χ4v) is 1.57. The van der Waals surface area contributed by atoms with Gasteiger partial charge in [0.15, 0.2) is 11.3 Å². The van der Waals surface area contributed by atoms with Gasteiger partial charge in [-0.3, -0.25) is 4.40 Å². The SMILES string of the molecule is OCc1cnc2c(c1)ncc1nccn12. The van der Waals surface area contributed by atoms with Crippen molar-refractivity contribution in [3.05, 3.63) is 36.4 Å². The number of aliphatic hydroxyl groups is 1. The zero-order chi connectivity index (χ0) is 10.3. The minimum absolute atomic E-state index is 0.0212. The highest BCUT2D eigenvalue weighted by atomic mass is 16.3. The fraction of sp³-hybridized carbons (Fsp3) is 0.100. The summed E-state index contributed by atoms with van der Waals surface area (Å²) >= 11 is 0. The summed E-state index contributed by atoms with van der Waals surface area (Å²) in [6, 6.07) is 1.82. The highest BCUT2D eigenvalue weighted by molar-refractivity contribution is 5.73. The minimum Gasteiger partial charge on any atom is -0.392 e. The lowest BCUT2D eigenvalue weighted by Crippen LogP contribution is -1.95. The van der Waals surface area contributed by atoms with Gasteiger partial charge in [-0.1, -0.05) is 0 Å². The van der Waals surface area contributed by atoms with Gasteiger partial charge in [-0.2, -0.15) is 0 Å². The smallest absolute Gasteiger partial charge is 0.164 e. The maximum Gasteiger partial charge on any atom is 0.164 e. The van der Waals surface area contributed by atoms with E-state index in [1.807, 2.05) is 16.7 Å². The van der Waals surface area contributed by atoms with E-state index in [1.54, 1.807) is 18.6 Å². The number of pyridine rings is 1. The van der Waals surface area contributed by atoms with E-state index >= 15 is 0 Å². The van der Waals surface area contributed by atoms with Gasteiger partial charge in [0.2, 0.25) is 0 Å². The summed E-state index contributed by atoms with van der Waals surface area (Å²) in [5.41, 5.74) is 3.04. The van der Waals surface area contributed by atoms with Crippen molar-refractivity contribution in [1.29, 1.82) is 0 Å². The number of fused-ring (bicyclic) bond motifs is 3. The Morgan fingerprint density at radius 1 is 1.20 bits per heavy atom. The van der Waals surface area contributed by atoms with Crippen LogP contribution in [0.4, 0.5) is 0 Å². The first-order valence-electron chi connectivity index (χ1n) is 4.56. The summed E-state index contributed by atoms with van der Waals surface area (Å²) in [5.74, 6) is 0. The van der Waals surface area contributed by atoms with E-state index < -0.39 is 0 Å². The monoisotopic (exact) mass is 200 g/mol. The molecule has 5 heteroatoms. The van der Waals surface area contributed by atoms with E-state index in [0.717, 1.165) is 22.4 Å². The molecule has 0 spiro atoms. The van der Waals surface area contributed by atoms with Crippen LogP contribution in [0, 0.1) is 0 Å². The first-order chi connectivity index (χ1) is 7.38. The van der Waals surface area contributed by atoms with Crippen LogP contribution in [-0.2, 0) is 6.61 Å². The average Bonchev–Trinajstić information content (AvgIpc) is 2.76. The Balaban J connectivity index is 2.44. The number of hydrogen-bond acceptors (Lipinski definition) is 4. The zero-order valence-electron chi connectivity index (χ0n) is 7.83. The van der Waals surface area contributed by atoms with Crippen LogP contribution in [0.1, 0.15) is 5.56 Å². The topological polar surface area (TPSA) is 63.3 Å². The predicted octanol–water partition coefficient (Wildman–Crippen LogP) is 0.770. The average molecular weight is 200 g/mol. The lowest BCUT2D eigenvalue weighted by Gasteiger charge is -2.01. The van der Waals surface area contributed by atoms with Crippen LogP contribution in [0.3, 0.4) is 0 Å². The van der Waals surface area contributed by atoms with E-state index in [2.05, 4.69) is 15.0 Å². The van der Waals surface area contributed by atoms with Gasteiger partial charge in [0.05, 0.1) is 12.8 Å². The molecule has 15 heavy (non-hydrogen) atoms. The van der Waals surface area contributed by atoms with Crippen molar-refractivity contribution in [2.24, 2.45) is 0 Å². The van der Waals surface area contributed by atoms with Crippen molar-refractivity contribution in [3.63, 3.8) is 0 Å². The third-order valence-corrected chi connectivity index (χ3v) is 2.30. The number of aromatic nitrogens is 4. The summed E-state index contributed by atoms with van der Waals surface area (Å²) in [6.07, 6.45) is 6.87. The molecule has 1 N–H and O–H groups in total. The highest BCUT2D eigenvalue weighted by Gasteiger charge is 2.03. The molecule has 0 saturated heterocycles. The number of imidazole rings is 1. The first-order valence-corrected chi connectivity index (χ1v) is 4.56. The molecule has 0 amide bonds. The van der Waals surface area contributed by atoms with Crippen LogP contribution in [0.5, 0.6) is 0 Å². The molecule has 0 aliphatic carbocycles. The maximum absolute atomic E-state index is 8.98. The molecule has 0 radical (unpaired) electrons. The normalized spacial score (nSPS) is 11.3. The van der Waals surface area contributed by atoms with Crippen molar-refractivity contribution >= 4 is 16.8 Å². The van der Waals surface area contributed by atoms with Crippen LogP contribution >= 0.6 is 0 Å². The quantitative estimate of drug-likeness (QED) is 0.630. The third kappa shape index (κ3) is 1.17. The molecule has 0 aromatic carbocycles. The van der Waals surface area contributed by atoms with Gasteiger partial charge in [0.1, 0.15) is 5.52 Å². The van der Waals surface area contributed by atoms with Gasteiger partial charge >= 0.3 is 0 Å². The third-order valence-electron chi connectivity index (χ3n) is 2.30. The molecule has 5 nitrogen and oxygen atoms in total. The van der Waals surface area contributed by atoms with E-state index in [0.29, 0.717) is 0 Å². The molecule has 0 aliphatic rings. The Morgan fingerprint density at radius 2 is 2.13 bits per heavy atom. The van der Waals surface area contributed by atoms with E-state index in [-0.39, 0.29) is 6.61 Å². The molecule has 74 valence electrons. The van der Waals surface area contributed by atoms with Crippen LogP contribution in [0.15, 0.2) is 30.9 Å². The molecular weight excluding hydrogens is 192 g/mol. The van der Waals surface area contributed by atoms with Gasteiger partial charge in [-0.05, 0) is 11.6 Å². The van der Waals surface area contributed by atoms with Gasteiger partial charge in [0, 0.05) is 18.6 Å². The number of nitrogens with zero attached hydrogens (tertiary/aromatic N) is 4. The van der Waals surface area contributed by atoms with Crippen molar-refractivity contribution in [2.75, 3.05) is 0 Å². The molecule has 0 fully saturated rings. The number of aliphatic hydroxyl groups excluding tert-OH is 1. The predicted molar refractivity (Wildman–Crippen MR) is 54.2 cm³/mol. The molecular formula is C10H8N4O. The fourth-order valence-electron chi connectivity index (χ4n) is 1.57. The molecule has 3 heterocycles. The lowest BCUT2D eigenvalue weighted by molar-refractivity contribution is 0.281. The van der Waals surface area contributed by atoms with Gasteiger partial charge in [-0.25, -0.2) is 15.0 Å². The summed E-state index contributed by atoms with van der Waals surface area (Å²) in [6.45, 7) is -0.0212. The summed E-state index contributed by atoms with van der Waals surface area (Å²) < 4.78 is 1.86. The van der Waals surface area contributed by atoms with E-state index in [1.165, 1.54) is 0 Å². The van der Waals surface area contributed by atoms with Gasteiger partial charge in [0.25, 0.3) is 0 Å². The highest BCUT2D eigenvalue weighted by Crippen LogP contribution is 2.12. The molecule has 0 saturated carbocycles. The van der Waals surface area contributed by atoms with E-state index in [4.69, 9.17) is 5.11 Å². The summed E-state index contributed by atoms with van der Waals surface area (Å²) in [7, 11) is 0. The first kappa shape index (κ1) is 8.31. The number of hydrogen-bond donors (Lipinski definition) is 1. The Bertz CT molecular complexity index is 631. The van der Waals surface area contributed by atoms with E-state index in [9.17, 15) is 0 Å². The van der Waals surface area contributed by atoms with Crippen molar-refractivity contribution in [3.8, 4) is 0 Å². The van der Waals surface area contributed by atoms with Crippen LogP contribution in [0.2, 0.25) is 0 Å². The molecule has 0 aliphatic heterocycles. The Hall–Kier alpha value is -2.01. The lowest BCUT2D eigenvalue weighted by atomic mass is 10.3. The summed E-state index contributed by atoms with van der Waals surface area (Å²) in [5, 5.41) is 8.98. The molecule has 3 rings (SSSR count). The second-order valence-corrected chi connectivity index (χ2v) is 3.26. The maximum atomic E-state index is 8.98. The molecule has 0 unspecified atom stereocenters. The minimum atomic E-state index is -0.0212. The standard InChI is InChI=1S/C10H8N4O/c15-6-7-3-8-10(13-4-7)14-2-1-11-9(14)5-12-8/h1-5,15H,6H2. The van der Waals surface area contributed by atoms with Crippen molar-refractivity contribution in [2.45, 2.75) is 6.61 Å². The van der Waals surface area contributed by atoms with Crippen LogP contribution in [0.25, 0.3) is 16.8 Å². The van der Waals surface area contributed by atoms with Crippen molar-refractivity contribution < 1.29 is 5.11 Å². The van der Waals surface area contributed by atoms with Gasteiger partial charge < -0.3 is 5.11 Å². The largest absolute Gasteiger partial charge is 0.392 e. The molecule has 3 aromatic rings. The van der Waals surface area contributed by atoms with Crippen LogP contribution < -0.4 is 0 Å². The van der Waals surface area contributed by atoms with Gasteiger partial charge in [-0.15, -0.1) is 0 Å². The molecule has 0 bridgehead atoms. The zero-order valence-corrected chi connectivity index (χ0v) is 7.83.